The van der Waals surface area contributed by atoms with Crippen LogP contribution in [0.5, 0.6) is 0 Å². The zero-order valence-corrected chi connectivity index (χ0v) is 9.95. The number of nitrogens with zero attached hydrogens (tertiary/aromatic N) is 3. The summed E-state index contributed by atoms with van der Waals surface area (Å²) in [5.41, 5.74) is 6.54. The van der Waals surface area contributed by atoms with Gasteiger partial charge < -0.3 is 11.1 Å². The second-order valence-electron chi connectivity index (χ2n) is 3.49. The average Bonchev–Trinajstić information content (AvgIpc) is 2.65. The fourth-order valence-electron chi connectivity index (χ4n) is 1.31. The van der Waals surface area contributed by atoms with Crippen molar-refractivity contribution in [1.82, 2.24) is 15.0 Å². The van der Waals surface area contributed by atoms with Gasteiger partial charge in [0.05, 0.1) is 6.04 Å². The maximum Gasteiger partial charge on any atom is 0.221 e. The third-order valence-electron chi connectivity index (χ3n) is 2.05. The maximum absolute atomic E-state index is 5.50. The number of aromatic nitrogens is 3. The molecule has 2 aromatic rings. The molecule has 0 aliphatic heterocycles. The highest BCUT2D eigenvalue weighted by molar-refractivity contribution is 7.09. The quantitative estimate of drug-likeness (QED) is 0.850. The minimum atomic E-state index is 0.119. The van der Waals surface area contributed by atoms with Crippen LogP contribution in [-0.4, -0.2) is 15.0 Å². The van der Waals surface area contributed by atoms with Crippen molar-refractivity contribution in [3.05, 3.63) is 28.3 Å². The van der Waals surface area contributed by atoms with E-state index in [4.69, 9.17) is 5.73 Å². The van der Waals surface area contributed by atoms with Crippen LogP contribution >= 0.6 is 11.3 Å². The highest BCUT2D eigenvalue weighted by Crippen LogP contribution is 2.21. The highest BCUT2D eigenvalue weighted by atomic mass is 32.1. The number of rotatable bonds is 3. The van der Waals surface area contributed by atoms with E-state index in [1.165, 1.54) is 0 Å². The standard InChI is InChI=1S/C10H13N5S/c1-6-5-16-9(13-6)7(2)14-8-3-4-12-10(11)15-8/h3-5,7H,1-2H3,(H3,11,12,14,15). The third-order valence-corrected chi connectivity index (χ3v) is 3.19. The molecule has 1 unspecified atom stereocenters. The molecule has 0 aliphatic rings. The van der Waals surface area contributed by atoms with Crippen molar-refractivity contribution >= 4 is 23.1 Å². The van der Waals surface area contributed by atoms with E-state index in [1.54, 1.807) is 23.6 Å². The van der Waals surface area contributed by atoms with Crippen molar-refractivity contribution in [3.63, 3.8) is 0 Å². The van der Waals surface area contributed by atoms with E-state index in [-0.39, 0.29) is 12.0 Å². The summed E-state index contributed by atoms with van der Waals surface area (Å²) in [4.78, 5) is 12.3. The predicted molar refractivity (Wildman–Crippen MR) is 65.3 cm³/mol. The summed E-state index contributed by atoms with van der Waals surface area (Å²) in [6.07, 6.45) is 1.63. The van der Waals surface area contributed by atoms with E-state index in [9.17, 15) is 0 Å². The molecule has 0 fully saturated rings. The Morgan fingerprint density at radius 2 is 2.25 bits per heavy atom. The number of hydrogen-bond donors (Lipinski definition) is 2. The molecular weight excluding hydrogens is 222 g/mol. The van der Waals surface area contributed by atoms with Gasteiger partial charge >= 0.3 is 0 Å². The van der Waals surface area contributed by atoms with Gasteiger partial charge in [0.2, 0.25) is 5.95 Å². The Hall–Kier alpha value is -1.69. The molecule has 0 saturated carbocycles. The first-order chi connectivity index (χ1) is 7.65. The van der Waals surface area contributed by atoms with Crippen molar-refractivity contribution < 1.29 is 0 Å². The molecule has 2 rings (SSSR count). The van der Waals surface area contributed by atoms with E-state index in [1.807, 2.05) is 19.2 Å². The molecular formula is C10H13N5S. The molecule has 2 heterocycles. The maximum atomic E-state index is 5.50. The summed E-state index contributed by atoms with van der Waals surface area (Å²) in [5, 5.41) is 6.30. The molecule has 5 nitrogen and oxygen atoms in total. The molecule has 0 amide bonds. The highest BCUT2D eigenvalue weighted by Gasteiger charge is 2.09. The molecule has 1 atom stereocenters. The van der Waals surface area contributed by atoms with Crippen LogP contribution in [0.4, 0.5) is 11.8 Å². The van der Waals surface area contributed by atoms with Gasteiger partial charge in [-0.15, -0.1) is 11.3 Å². The van der Waals surface area contributed by atoms with Crippen molar-refractivity contribution in [2.45, 2.75) is 19.9 Å². The fraction of sp³-hybridized carbons (Fsp3) is 0.300. The number of thiazole rings is 1. The van der Waals surface area contributed by atoms with Crippen LogP contribution in [-0.2, 0) is 0 Å². The van der Waals surface area contributed by atoms with Crippen molar-refractivity contribution in [3.8, 4) is 0 Å². The van der Waals surface area contributed by atoms with E-state index in [0.29, 0.717) is 5.82 Å². The van der Waals surface area contributed by atoms with E-state index in [0.717, 1.165) is 10.7 Å². The normalized spacial score (nSPS) is 12.4. The third kappa shape index (κ3) is 2.46. The molecule has 3 N–H and O–H groups in total. The van der Waals surface area contributed by atoms with Crippen LogP contribution < -0.4 is 11.1 Å². The minimum Gasteiger partial charge on any atom is -0.368 e. The van der Waals surface area contributed by atoms with Gasteiger partial charge in [-0.25, -0.2) is 9.97 Å². The smallest absolute Gasteiger partial charge is 0.221 e. The number of nitrogens with two attached hydrogens (primary N) is 1. The van der Waals surface area contributed by atoms with Gasteiger partial charge in [-0.05, 0) is 19.9 Å². The zero-order valence-electron chi connectivity index (χ0n) is 9.14. The topological polar surface area (TPSA) is 76.7 Å². The largest absolute Gasteiger partial charge is 0.368 e. The Labute approximate surface area is 97.8 Å². The summed E-state index contributed by atoms with van der Waals surface area (Å²) < 4.78 is 0. The number of hydrogen-bond acceptors (Lipinski definition) is 6. The number of aryl methyl sites for hydroxylation is 1. The first-order valence-electron chi connectivity index (χ1n) is 4.92. The van der Waals surface area contributed by atoms with Gasteiger partial charge in [-0.2, -0.15) is 4.98 Å². The predicted octanol–water partition coefficient (Wildman–Crippen LogP) is 2.00. The lowest BCUT2D eigenvalue weighted by atomic mass is 10.3. The lowest BCUT2D eigenvalue weighted by Gasteiger charge is -2.11. The summed E-state index contributed by atoms with van der Waals surface area (Å²) in [7, 11) is 0. The first kappa shape index (κ1) is 10.8. The summed E-state index contributed by atoms with van der Waals surface area (Å²) >= 11 is 1.63. The van der Waals surface area contributed by atoms with Crippen molar-refractivity contribution in [1.29, 1.82) is 0 Å². The first-order valence-corrected chi connectivity index (χ1v) is 5.80. The molecule has 84 valence electrons. The molecule has 0 bridgehead atoms. The van der Waals surface area contributed by atoms with Crippen LogP contribution in [0.1, 0.15) is 23.7 Å². The number of nitrogen functional groups attached to an aromatic ring is 1. The Morgan fingerprint density at radius 3 is 2.88 bits per heavy atom. The Balaban J connectivity index is 2.10. The van der Waals surface area contributed by atoms with Gasteiger partial charge in [0.15, 0.2) is 0 Å². The molecule has 0 aromatic carbocycles. The van der Waals surface area contributed by atoms with Gasteiger partial charge in [0, 0.05) is 17.3 Å². The second kappa shape index (κ2) is 4.44. The molecule has 0 saturated heterocycles. The van der Waals surface area contributed by atoms with Gasteiger partial charge in [0.1, 0.15) is 10.8 Å². The van der Waals surface area contributed by atoms with E-state index in [2.05, 4.69) is 20.3 Å². The molecule has 6 heteroatoms. The van der Waals surface area contributed by atoms with Crippen LogP contribution in [0, 0.1) is 6.92 Å². The average molecular weight is 235 g/mol. The number of nitrogens with one attached hydrogen (secondary N) is 1. The zero-order chi connectivity index (χ0) is 11.5. The Bertz CT molecular complexity index is 482. The lowest BCUT2D eigenvalue weighted by Crippen LogP contribution is -2.08. The van der Waals surface area contributed by atoms with Crippen molar-refractivity contribution in [2.24, 2.45) is 0 Å². The van der Waals surface area contributed by atoms with Gasteiger partial charge in [-0.3, -0.25) is 0 Å². The van der Waals surface area contributed by atoms with Crippen LogP contribution in [0.15, 0.2) is 17.6 Å². The lowest BCUT2D eigenvalue weighted by molar-refractivity contribution is 0.854. The van der Waals surface area contributed by atoms with E-state index >= 15 is 0 Å². The van der Waals surface area contributed by atoms with Crippen molar-refractivity contribution in [2.75, 3.05) is 11.1 Å². The second-order valence-corrected chi connectivity index (χ2v) is 4.38. The minimum absolute atomic E-state index is 0.119. The van der Waals surface area contributed by atoms with Crippen LogP contribution in [0.3, 0.4) is 0 Å². The molecule has 2 aromatic heterocycles. The Morgan fingerprint density at radius 1 is 1.44 bits per heavy atom. The molecule has 0 aliphatic carbocycles. The SMILES string of the molecule is Cc1csc(C(C)Nc2ccnc(N)n2)n1. The number of anilines is 2. The van der Waals surface area contributed by atoms with E-state index < -0.39 is 0 Å². The van der Waals surface area contributed by atoms with Gasteiger partial charge in [0.25, 0.3) is 0 Å². The fourth-order valence-corrected chi connectivity index (χ4v) is 2.11. The molecule has 0 spiro atoms. The van der Waals surface area contributed by atoms with Crippen LogP contribution in [0.2, 0.25) is 0 Å². The molecule has 16 heavy (non-hydrogen) atoms. The Kier molecular flexibility index (Phi) is 3.00. The summed E-state index contributed by atoms with van der Waals surface area (Å²) in [6.45, 7) is 4.02. The van der Waals surface area contributed by atoms with Gasteiger partial charge in [-0.1, -0.05) is 0 Å². The summed E-state index contributed by atoms with van der Waals surface area (Å²) in [5.74, 6) is 0.986. The summed E-state index contributed by atoms with van der Waals surface area (Å²) in [6, 6.07) is 1.90. The monoisotopic (exact) mass is 235 g/mol. The van der Waals surface area contributed by atoms with Crippen LogP contribution in [0.25, 0.3) is 0 Å². The molecule has 0 radical (unpaired) electrons.